The van der Waals surface area contributed by atoms with Crippen molar-refractivity contribution in [3.63, 3.8) is 0 Å². The molecule has 0 bridgehead atoms. The first-order valence-corrected chi connectivity index (χ1v) is 10.9. The zero-order valence-electron chi connectivity index (χ0n) is 17.2. The number of phenolic OH excluding ortho intramolecular Hbond substituents is 2. The van der Waals surface area contributed by atoms with Gasteiger partial charge in [0.2, 0.25) is 0 Å². The number of hydrogen-bond donors (Lipinski definition) is 3. The molecule has 3 N–H and O–H groups in total. The van der Waals surface area contributed by atoms with Gasteiger partial charge in [-0.15, -0.1) is 0 Å². The van der Waals surface area contributed by atoms with Gasteiger partial charge in [0.1, 0.15) is 17.1 Å². The number of aryl methyl sites for hydroxylation is 1. The van der Waals surface area contributed by atoms with Crippen molar-refractivity contribution >= 4 is 33.4 Å². The van der Waals surface area contributed by atoms with Crippen molar-refractivity contribution in [1.82, 2.24) is 15.1 Å². The number of aromatic hydroxyl groups is 2. The number of aromatic nitrogens is 2. The first kappa shape index (κ1) is 21.5. The minimum absolute atomic E-state index is 0.0202. The molecule has 1 amide bonds. The van der Waals surface area contributed by atoms with Gasteiger partial charge in [0.05, 0.1) is 17.6 Å². The Morgan fingerprint density at radius 1 is 1.29 bits per heavy atom. The van der Waals surface area contributed by atoms with E-state index in [4.69, 9.17) is 16.3 Å². The highest BCUT2D eigenvalue weighted by atomic mass is 79.9. The Hall–Kier alpha value is -2.71. The predicted octanol–water partition coefficient (Wildman–Crippen LogP) is 5.18. The molecule has 1 atom stereocenters. The maximum absolute atomic E-state index is 13.2. The summed E-state index contributed by atoms with van der Waals surface area (Å²) in [5.74, 6) is 0.114. The van der Waals surface area contributed by atoms with Crippen molar-refractivity contribution in [3.8, 4) is 28.5 Å². The molecule has 0 radical (unpaired) electrons. The van der Waals surface area contributed by atoms with Crippen LogP contribution in [-0.4, -0.2) is 44.9 Å². The van der Waals surface area contributed by atoms with E-state index >= 15 is 0 Å². The number of phenols is 2. The van der Waals surface area contributed by atoms with Crippen molar-refractivity contribution < 1.29 is 19.7 Å². The van der Waals surface area contributed by atoms with Crippen molar-refractivity contribution in [2.24, 2.45) is 0 Å². The zero-order valence-corrected chi connectivity index (χ0v) is 19.5. The third-order valence-corrected chi connectivity index (χ3v) is 6.46. The van der Waals surface area contributed by atoms with Crippen LogP contribution in [0.25, 0.3) is 11.3 Å². The number of aromatic amines is 1. The maximum Gasteiger partial charge on any atom is 0.273 e. The number of rotatable bonds is 5. The molecule has 3 aromatic rings. The van der Waals surface area contributed by atoms with E-state index in [2.05, 4.69) is 26.1 Å². The third kappa shape index (κ3) is 3.43. The number of hydrogen-bond acceptors (Lipinski definition) is 5. The number of carbonyl (C=O) groups excluding carboxylic acids is 1. The van der Waals surface area contributed by atoms with Gasteiger partial charge >= 0.3 is 0 Å². The van der Waals surface area contributed by atoms with Crippen LogP contribution in [0.3, 0.4) is 0 Å². The SMILES string of the molecule is CCCN1C(=O)c2[nH]nc(-c3cc(Cl)c(C)cc3O)c2C1c1cc(Br)c(O)c(OC)c1. The van der Waals surface area contributed by atoms with Crippen LogP contribution in [0, 0.1) is 6.92 Å². The van der Waals surface area contributed by atoms with Crippen LogP contribution in [0.1, 0.15) is 46.6 Å². The molecular formula is C22H21BrClN3O4. The summed E-state index contributed by atoms with van der Waals surface area (Å²) in [6, 6.07) is 6.21. The van der Waals surface area contributed by atoms with Crippen LogP contribution in [0.15, 0.2) is 28.7 Å². The standard InChI is InChI=1S/C22H21BrClN3O4/c1-4-5-27-20(11-7-13(23)21(29)16(8-11)31-3)17-18(25-26-19(17)22(27)30)12-9-14(24)10(2)6-15(12)28/h6-9,20,28-29H,4-5H2,1-3H3,(H,25,26). The third-order valence-electron chi connectivity index (χ3n) is 5.45. The van der Waals surface area contributed by atoms with Crippen molar-refractivity contribution in [1.29, 1.82) is 0 Å². The van der Waals surface area contributed by atoms with Crippen molar-refractivity contribution in [2.75, 3.05) is 13.7 Å². The van der Waals surface area contributed by atoms with Gasteiger partial charge < -0.3 is 19.8 Å². The number of fused-ring (bicyclic) bond motifs is 1. The second-order valence-corrected chi connectivity index (χ2v) is 8.70. The Morgan fingerprint density at radius 3 is 2.71 bits per heavy atom. The molecule has 0 saturated heterocycles. The second-order valence-electron chi connectivity index (χ2n) is 7.43. The van der Waals surface area contributed by atoms with E-state index in [0.717, 1.165) is 17.5 Å². The average molecular weight is 507 g/mol. The average Bonchev–Trinajstić information content (AvgIpc) is 3.27. The van der Waals surface area contributed by atoms with E-state index in [1.807, 2.05) is 6.92 Å². The number of methoxy groups -OCH3 is 1. The molecule has 0 fully saturated rings. The van der Waals surface area contributed by atoms with Crippen LogP contribution in [-0.2, 0) is 0 Å². The highest BCUT2D eigenvalue weighted by Gasteiger charge is 2.42. The molecule has 2 aromatic carbocycles. The molecule has 1 aliphatic heterocycles. The number of nitrogens with one attached hydrogen (secondary N) is 1. The van der Waals surface area contributed by atoms with Gasteiger partial charge in [0, 0.05) is 22.7 Å². The first-order valence-electron chi connectivity index (χ1n) is 9.73. The van der Waals surface area contributed by atoms with Crippen LogP contribution in [0.2, 0.25) is 5.02 Å². The van der Waals surface area contributed by atoms with Crippen LogP contribution in [0.4, 0.5) is 0 Å². The Balaban J connectivity index is 1.96. The molecule has 0 aliphatic carbocycles. The number of halogens is 2. The first-order chi connectivity index (χ1) is 14.8. The second kappa shape index (κ2) is 8.09. The summed E-state index contributed by atoms with van der Waals surface area (Å²) in [7, 11) is 1.47. The van der Waals surface area contributed by atoms with Gasteiger partial charge in [-0.2, -0.15) is 5.10 Å². The normalized spacial score (nSPS) is 15.5. The predicted molar refractivity (Wildman–Crippen MR) is 121 cm³/mol. The number of nitrogens with zero attached hydrogens (tertiary/aromatic N) is 2. The molecule has 0 spiro atoms. The lowest BCUT2D eigenvalue weighted by Gasteiger charge is -2.26. The highest BCUT2D eigenvalue weighted by molar-refractivity contribution is 9.10. The van der Waals surface area contributed by atoms with Crippen LogP contribution in [0.5, 0.6) is 17.2 Å². The van der Waals surface area contributed by atoms with E-state index in [-0.39, 0.29) is 23.2 Å². The maximum atomic E-state index is 13.2. The minimum Gasteiger partial charge on any atom is -0.507 e. The molecule has 9 heteroatoms. The van der Waals surface area contributed by atoms with Crippen LogP contribution < -0.4 is 4.74 Å². The quantitative estimate of drug-likeness (QED) is 0.443. The summed E-state index contributed by atoms with van der Waals surface area (Å²) >= 11 is 9.68. The number of benzene rings is 2. The minimum atomic E-state index is -0.485. The lowest BCUT2D eigenvalue weighted by Crippen LogP contribution is -2.30. The van der Waals surface area contributed by atoms with Crippen LogP contribution >= 0.6 is 27.5 Å². The molecule has 31 heavy (non-hydrogen) atoms. The largest absolute Gasteiger partial charge is 0.507 e. The summed E-state index contributed by atoms with van der Waals surface area (Å²) in [5, 5.41) is 28.6. The molecule has 4 rings (SSSR count). The molecule has 0 saturated carbocycles. The summed E-state index contributed by atoms with van der Waals surface area (Å²) in [4.78, 5) is 14.9. The summed E-state index contributed by atoms with van der Waals surface area (Å²) in [5.41, 5.74) is 3.38. The molecule has 2 heterocycles. The Kier molecular flexibility index (Phi) is 5.61. The number of ether oxygens (including phenoxy) is 1. The lowest BCUT2D eigenvalue weighted by molar-refractivity contribution is 0.0743. The summed E-state index contributed by atoms with van der Waals surface area (Å²) < 4.78 is 5.77. The molecule has 1 aliphatic rings. The smallest absolute Gasteiger partial charge is 0.273 e. The van der Waals surface area contributed by atoms with E-state index in [1.165, 1.54) is 7.11 Å². The van der Waals surface area contributed by atoms with E-state index in [0.29, 0.717) is 38.6 Å². The van der Waals surface area contributed by atoms with Gasteiger partial charge in [-0.1, -0.05) is 18.5 Å². The summed E-state index contributed by atoms with van der Waals surface area (Å²) in [6.07, 6.45) is 0.757. The fourth-order valence-corrected chi connectivity index (χ4v) is 4.61. The number of carbonyl (C=O) groups is 1. The fourth-order valence-electron chi connectivity index (χ4n) is 3.98. The van der Waals surface area contributed by atoms with E-state index in [1.54, 1.807) is 36.1 Å². The number of H-pyrrole nitrogens is 1. The Labute approximate surface area is 192 Å². The number of amides is 1. The fraction of sp³-hybridized carbons (Fsp3) is 0.273. The Bertz CT molecular complexity index is 1190. The van der Waals surface area contributed by atoms with E-state index < -0.39 is 6.04 Å². The molecule has 7 nitrogen and oxygen atoms in total. The van der Waals surface area contributed by atoms with Gasteiger partial charge in [-0.05, 0) is 64.7 Å². The van der Waals surface area contributed by atoms with Crippen molar-refractivity contribution in [3.05, 3.63) is 56.1 Å². The van der Waals surface area contributed by atoms with Gasteiger partial charge in [-0.25, -0.2) is 0 Å². The zero-order chi connectivity index (χ0) is 22.4. The molecule has 162 valence electrons. The summed E-state index contributed by atoms with van der Waals surface area (Å²) in [6.45, 7) is 4.32. The van der Waals surface area contributed by atoms with Gasteiger partial charge in [0.25, 0.3) is 5.91 Å². The van der Waals surface area contributed by atoms with Gasteiger partial charge in [0.15, 0.2) is 11.5 Å². The topological polar surface area (TPSA) is 98.7 Å². The lowest BCUT2D eigenvalue weighted by atomic mass is 9.95. The monoisotopic (exact) mass is 505 g/mol. The molecule has 1 unspecified atom stereocenters. The van der Waals surface area contributed by atoms with Gasteiger partial charge in [-0.3, -0.25) is 9.89 Å². The molecular weight excluding hydrogens is 486 g/mol. The van der Waals surface area contributed by atoms with E-state index in [9.17, 15) is 15.0 Å². The van der Waals surface area contributed by atoms with Crippen molar-refractivity contribution in [2.45, 2.75) is 26.3 Å². The molecule has 1 aromatic heterocycles. The Morgan fingerprint density at radius 2 is 2.03 bits per heavy atom. The highest BCUT2D eigenvalue weighted by Crippen LogP contribution is 2.47.